The summed E-state index contributed by atoms with van der Waals surface area (Å²) in [6, 6.07) is 6.22. The molecule has 3 N–H and O–H groups in total. The van der Waals surface area contributed by atoms with Crippen molar-refractivity contribution < 1.29 is 0 Å². The molecule has 0 aliphatic carbocycles. The van der Waals surface area contributed by atoms with Crippen molar-refractivity contribution in [3.05, 3.63) is 29.3 Å². The maximum absolute atomic E-state index is 5.78. The molecule has 3 heteroatoms. The summed E-state index contributed by atoms with van der Waals surface area (Å²) in [5.74, 6) is 0. The van der Waals surface area contributed by atoms with E-state index in [9.17, 15) is 0 Å². The lowest BCUT2D eigenvalue weighted by molar-refractivity contribution is 0.382. The van der Waals surface area contributed by atoms with Crippen LogP contribution >= 0.6 is 12.4 Å². The number of hydrogen-bond acceptors (Lipinski definition) is 2. The molecule has 0 aromatic heterocycles. The molecule has 0 bridgehead atoms. The molecule has 0 fully saturated rings. The fourth-order valence-electron chi connectivity index (χ4n) is 2.00. The molecule has 2 nitrogen and oxygen atoms in total. The molecule has 1 aromatic carbocycles. The van der Waals surface area contributed by atoms with Gasteiger partial charge in [-0.15, -0.1) is 12.4 Å². The van der Waals surface area contributed by atoms with Crippen molar-refractivity contribution in [2.45, 2.75) is 25.8 Å². The average Bonchev–Trinajstić information content (AvgIpc) is 2.06. The van der Waals surface area contributed by atoms with E-state index >= 15 is 0 Å². The second kappa shape index (κ2) is 3.79. The van der Waals surface area contributed by atoms with Crippen LogP contribution in [0.4, 0.5) is 5.69 Å². The van der Waals surface area contributed by atoms with Gasteiger partial charge in [0.05, 0.1) is 0 Å². The molecule has 78 valence electrons. The van der Waals surface area contributed by atoms with Crippen LogP contribution in [0, 0.1) is 0 Å². The fourth-order valence-corrected chi connectivity index (χ4v) is 2.00. The summed E-state index contributed by atoms with van der Waals surface area (Å²) in [7, 11) is 0. The van der Waals surface area contributed by atoms with Gasteiger partial charge in [-0.05, 0) is 50.1 Å². The van der Waals surface area contributed by atoms with Gasteiger partial charge in [-0.25, -0.2) is 0 Å². The smallest absolute Gasteiger partial charge is 0.0381 e. The first-order chi connectivity index (χ1) is 6.09. The molecule has 1 aromatic rings. The largest absolute Gasteiger partial charge is 0.399 e. The van der Waals surface area contributed by atoms with Gasteiger partial charge in [-0.1, -0.05) is 6.07 Å². The van der Waals surface area contributed by atoms with E-state index < -0.39 is 0 Å². The van der Waals surface area contributed by atoms with Gasteiger partial charge in [0.2, 0.25) is 0 Å². The summed E-state index contributed by atoms with van der Waals surface area (Å²) in [6.07, 6.45) is 1.11. The second-order valence-corrected chi connectivity index (χ2v) is 4.22. The quantitative estimate of drug-likeness (QED) is 0.647. The van der Waals surface area contributed by atoms with Gasteiger partial charge in [-0.3, -0.25) is 0 Å². The first-order valence-electron chi connectivity index (χ1n) is 4.73. The lowest BCUT2D eigenvalue weighted by Crippen LogP contribution is -2.42. The number of fused-ring (bicyclic) bond motifs is 1. The van der Waals surface area contributed by atoms with Gasteiger partial charge in [-0.2, -0.15) is 0 Å². The monoisotopic (exact) mass is 212 g/mol. The Morgan fingerprint density at radius 3 is 2.79 bits per heavy atom. The number of nitrogens with two attached hydrogens (primary N) is 1. The first-order valence-corrected chi connectivity index (χ1v) is 4.73. The van der Waals surface area contributed by atoms with Gasteiger partial charge < -0.3 is 11.1 Å². The Labute approximate surface area is 91.3 Å². The molecule has 14 heavy (non-hydrogen) atoms. The summed E-state index contributed by atoms with van der Waals surface area (Å²) in [4.78, 5) is 0. The number of rotatable bonds is 0. The van der Waals surface area contributed by atoms with E-state index in [4.69, 9.17) is 5.73 Å². The van der Waals surface area contributed by atoms with Gasteiger partial charge in [0, 0.05) is 11.2 Å². The Balaban J connectivity index is 0.000000980. The zero-order valence-corrected chi connectivity index (χ0v) is 9.45. The van der Waals surface area contributed by atoms with Crippen LogP contribution in [0.2, 0.25) is 0 Å². The topological polar surface area (TPSA) is 38.0 Å². The van der Waals surface area contributed by atoms with E-state index in [1.165, 1.54) is 11.1 Å². The normalized spacial score (nSPS) is 18.1. The lowest BCUT2D eigenvalue weighted by atomic mass is 9.85. The molecule has 0 unspecified atom stereocenters. The van der Waals surface area contributed by atoms with Crippen molar-refractivity contribution in [2.75, 3.05) is 12.3 Å². The van der Waals surface area contributed by atoms with E-state index in [-0.39, 0.29) is 17.9 Å². The highest BCUT2D eigenvalue weighted by Crippen LogP contribution is 2.29. The van der Waals surface area contributed by atoms with Gasteiger partial charge in [0.15, 0.2) is 0 Å². The van der Waals surface area contributed by atoms with Crippen LogP contribution in [-0.4, -0.2) is 6.54 Å². The average molecular weight is 213 g/mol. The van der Waals surface area contributed by atoms with Crippen molar-refractivity contribution in [3.8, 4) is 0 Å². The van der Waals surface area contributed by atoms with Crippen LogP contribution in [0.1, 0.15) is 25.0 Å². The van der Waals surface area contributed by atoms with Crippen molar-refractivity contribution in [3.63, 3.8) is 0 Å². The summed E-state index contributed by atoms with van der Waals surface area (Å²) < 4.78 is 0. The molecule has 1 heterocycles. The van der Waals surface area contributed by atoms with Crippen LogP contribution in [0.5, 0.6) is 0 Å². The molecule has 2 rings (SSSR count). The fraction of sp³-hybridized carbons (Fsp3) is 0.455. The van der Waals surface area contributed by atoms with Gasteiger partial charge in [0.25, 0.3) is 0 Å². The molecule has 0 saturated carbocycles. The standard InChI is InChI=1S/C11H16N2.ClH/c1-11(2)10-7-9(12)4-3-8(10)5-6-13-11;/h3-4,7,13H,5-6,12H2,1-2H3;1H. The molecule has 0 radical (unpaired) electrons. The van der Waals surface area contributed by atoms with Gasteiger partial charge >= 0.3 is 0 Å². The van der Waals surface area contributed by atoms with Crippen LogP contribution in [0.3, 0.4) is 0 Å². The minimum atomic E-state index is 0. The van der Waals surface area contributed by atoms with E-state index in [1.54, 1.807) is 0 Å². The summed E-state index contributed by atoms with van der Waals surface area (Å²) in [6.45, 7) is 5.46. The number of nitrogen functional groups attached to an aromatic ring is 1. The maximum atomic E-state index is 5.78. The SMILES string of the molecule is CC1(C)NCCc2ccc(N)cc21.Cl. The highest BCUT2D eigenvalue weighted by atomic mass is 35.5. The highest BCUT2D eigenvalue weighted by Gasteiger charge is 2.26. The van der Waals surface area contributed by atoms with E-state index in [0.29, 0.717) is 0 Å². The lowest BCUT2D eigenvalue weighted by Gasteiger charge is -2.34. The number of anilines is 1. The number of nitrogens with one attached hydrogen (secondary N) is 1. The Kier molecular flexibility index (Phi) is 3.07. The second-order valence-electron chi connectivity index (χ2n) is 4.22. The molecule has 0 atom stereocenters. The van der Waals surface area contributed by atoms with Crippen molar-refractivity contribution in [2.24, 2.45) is 0 Å². The minimum Gasteiger partial charge on any atom is -0.399 e. The van der Waals surface area contributed by atoms with E-state index in [2.05, 4.69) is 31.3 Å². The molecule has 0 saturated heterocycles. The molecular formula is C11H17ClN2. The van der Waals surface area contributed by atoms with Gasteiger partial charge in [0.1, 0.15) is 0 Å². The van der Waals surface area contributed by atoms with Crippen LogP contribution < -0.4 is 11.1 Å². The zero-order valence-electron chi connectivity index (χ0n) is 8.63. The Bertz CT molecular complexity index is 334. The maximum Gasteiger partial charge on any atom is 0.0381 e. The van der Waals surface area contributed by atoms with Crippen molar-refractivity contribution in [1.29, 1.82) is 0 Å². The molecule has 0 spiro atoms. The third kappa shape index (κ3) is 1.86. The molecule has 1 aliphatic heterocycles. The molecular weight excluding hydrogens is 196 g/mol. The predicted octanol–water partition coefficient (Wildman–Crippen LogP) is 2.07. The molecule has 1 aliphatic rings. The predicted molar refractivity (Wildman–Crippen MR) is 62.8 cm³/mol. The Morgan fingerprint density at radius 2 is 2.07 bits per heavy atom. The summed E-state index contributed by atoms with van der Waals surface area (Å²) in [5, 5.41) is 3.49. The minimum absolute atomic E-state index is 0. The zero-order chi connectivity index (χ0) is 9.47. The van der Waals surface area contributed by atoms with E-state index in [0.717, 1.165) is 18.7 Å². The number of benzene rings is 1. The third-order valence-electron chi connectivity index (χ3n) is 2.77. The Morgan fingerprint density at radius 1 is 1.36 bits per heavy atom. The van der Waals surface area contributed by atoms with Crippen LogP contribution in [-0.2, 0) is 12.0 Å². The Hall–Kier alpha value is -0.730. The third-order valence-corrected chi connectivity index (χ3v) is 2.77. The number of hydrogen-bond donors (Lipinski definition) is 2. The molecule has 0 amide bonds. The van der Waals surface area contributed by atoms with Crippen LogP contribution in [0.15, 0.2) is 18.2 Å². The van der Waals surface area contributed by atoms with E-state index in [1.807, 2.05) is 6.07 Å². The summed E-state index contributed by atoms with van der Waals surface area (Å²) >= 11 is 0. The first kappa shape index (κ1) is 11.3. The number of halogens is 1. The highest BCUT2D eigenvalue weighted by molar-refractivity contribution is 5.85. The van der Waals surface area contributed by atoms with Crippen molar-refractivity contribution in [1.82, 2.24) is 5.32 Å². The summed E-state index contributed by atoms with van der Waals surface area (Å²) in [5.41, 5.74) is 9.48. The van der Waals surface area contributed by atoms with Crippen LogP contribution in [0.25, 0.3) is 0 Å². The van der Waals surface area contributed by atoms with Crippen molar-refractivity contribution >= 4 is 18.1 Å².